The average molecular weight is 582 g/mol. The van der Waals surface area contributed by atoms with Gasteiger partial charge in [0.1, 0.15) is 16.0 Å². The largest absolute Gasteiger partial charge is 0.341 e. The van der Waals surface area contributed by atoms with Gasteiger partial charge in [0, 0.05) is 0 Å². The number of carbonyl (C=O) groups excluding carboxylic acids is 1. The SMILES string of the molecule is O=C1CC(c2ccc(C[C@H](NS(=O)(=O)c3cccc(Cl)c3Cl)c3nc4ccccc4[nH]3)cc2)S(O)(O)N1. The number of halogens is 2. The highest BCUT2D eigenvalue weighted by molar-refractivity contribution is 8.23. The molecule has 5 N–H and O–H groups in total. The molecule has 0 radical (unpaired) electrons. The lowest BCUT2D eigenvalue weighted by Crippen LogP contribution is -2.31. The molecule has 9 nitrogen and oxygen atoms in total. The second-order valence-electron chi connectivity index (χ2n) is 8.62. The van der Waals surface area contributed by atoms with Gasteiger partial charge in [-0.25, -0.2) is 18.1 Å². The minimum absolute atomic E-state index is 0.0243. The molecule has 37 heavy (non-hydrogen) atoms. The molecule has 2 atom stereocenters. The fraction of sp³-hybridized carbons (Fsp3) is 0.167. The van der Waals surface area contributed by atoms with Crippen LogP contribution in [0.5, 0.6) is 0 Å². The van der Waals surface area contributed by atoms with Gasteiger partial charge in [0.25, 0.3) is 0 Å². The Bertz CT molecular complexity index is 1560. The van der Waals surface area contributed by atoms with Gasteiger partial charge in [0.05, 0.1) is 33.5 Å². The number of aromatic amines is 1. The molecule has 0 aliphatic carbocycles. The fourth-order valence-corrected chi connectivity index (χ4v) is 7.69. The molecule has 2 heterocycles. The Morgan fingerprint density at radius 1 is 1.05 bits per heavy atom. The first-order valence-corrected chi connectivity index (χ1v) is 15.0. The summed E-state index contributed by atoms with van der Waals surface area (Å²) >= 11 is 12.3. The number of benzene rings is 3. The Labute approximate surface area is 224 Å². The van der Waals surface area contributed by atoms with Gasteiger partial charge >= 0.3 is 0 Å². The normalized spacial score (nSPS) is 19.0. The van der Waals surface area contributed by atoms with Gasteiger partial charge in [-0.1, -0.05) is 65.7 Å². The summed E-state index contributed by atoms with van der Waals surface area (Å²) in [5.41, 5.74) is 2.78. The molecule has 0 spiro atoms. The van der Waals surface area contributed by atoms with Gasteiger partial charge in [-0.05, 0) is 41.8 Å². The standard InChI is InChI=1S/C24H22Cl2N4O5S2/c25-16-4-3-7-20(23(16)26)36(32,33)29-19(24-27-17-5-1-2-6-18(17)28-24)12-14-8-10-15(11-9-14)21-13-22(31)30-37(21,34)35/h1-11,19,21,29,34-35H,12-13H2,(H,27,28)(H,30,31)/t19-,21?/m0/s1. The van der Waals surface area contributed by atoms with E-state index in [0.717, 1.165) is 11.1 Å². The maximum atomic E-state index is 13.3. The lowest BCUT2D eigenvalue weighted by Gasteiger charge is -2.32. The molecule has 1 aliphatic rings. The minimum atomic E-state index is -4.10. The number of amides is 1. The van der Waals surface area contributed by atoms with Crippen LogP contribution in [0.4, 0.5) is 0 Å². The van der Waals surface area contributed by atoms with E-state index >= 15 is 0 Å². The molecule has 1 unspecified atom stereocenters. The molecule has 0 saturated carbocycles. The number of nitrogens with one attached hydrogen (secondary N) is 3. The van der Waals surface area contributed by atoms with Gasteiger partial charge in [-0.15, -0.1) is 10.8 Å². The van der Waals surface area contributed by atoms with Crippen LogP contribution in [-0.4, -0.2) is 33.4 Å². The van der Waals surface area contributed by atoms with Gasteiger partial charge in [0.15, 0.2) is 0 Å². The van der Waals surface area contributed by atoms with Crippen LogP contribution in [0.25, 0.3) is 11.0 Å². The van der Waals surface area contributed by atoms with Crippen molar-refractivity contribution >= 4 is 60.9 Å². The Hall–Kier alpha value is -2.64. The Balaban J connectivity index is 1.47. The first kappa shape index (κ1) is 26.0. The van der Waals surface area contributed by atoms with Gasteiger partial charge in [-0.2, -0.15) is 0 Å². The molecular formula is C24H22Cl2N4O5S2. The number of para-hydroxylation sites is 2. The van der Waals surface area contributed by atoms with Crippen molar-refractivity contribution < 1.29 is 22.3 Å². The van der Waals surface area contributed by atoms with Gasteiger partial charge in [-0.3, -0.25) is 18.6 Å². The van der Waals surface area contributed by atoms with E-state index in [-0.39, 0.29) is 27.8 Å². The molecule has 0 bridgehead atoms. The van der Waals surface area contributed by atoms with E-state index in [1.165, 1.54) is 18.2 Å². The molecule has 1 aliphatic heterocycles. The summed E-state index contributed by atoms with van der Waals surface area (Å²) in [7, 11) is -7.37. The summed E-state index contributed by atoms with van der Waals surface area (Å²) < 4.78 is 52.0. The molecule has 3 aromatic carbocycles. The lowest BCUT2D eigenvalue weighted by atomic mass is 10.0. The summed E-state index contributed by atoms with van der Waals surface area (Å²) in [4.78, 5) is 19.3. The molecular weight excluding hydrogens is 559 g/mol. The smallest absolute Gasteiger partial charge is 0.242 e. The third-order valence-corrected chi connectivity index (χ3v) is 10.3. The number of fused-ring (bicyclic) bond motifs is 1. The second kappa shape index (κ2) is 9.91. The zero-order valence-electron chi connectivity index (χ0n) is 19.1. The third kappa shape index (κ3) is 5.34. The van der Waals surface area contributed by atoms with E-state index < -0.39 is 38.0 Å². The summed E-state index contributed by atoms with van der Waals surface area (Å²) in [5, 5.41) is -0.710. The first-order valence-electron chi connectivity index (χ1n) is 11.1. The Morgan fingerprint density at radius 3 is 2.46 bits per heavy atom. The number of rotatable bonds is 7. The van der Waals surface area contributed by atoms with E-state index in [1.54, 1.807) is 24.3 Å². The number of nitrogens with zero attached hydrogens (tertiary/aromatic N) is 1. The molecule has 13 heteroatoms. The third-order valence-electron chi connectivity index (χ3n) is 6.06. The van der Waals surface area contributed by atoms with Crippen molar-refractivity contribution in [1.29, 1.82) is 0 Å². The number of hydrogen-bond acceptors (Lipinski definition) is 6. The van der Waals surface area contributed by atoms with E-state index in [1.807, 2.05) is 24.3 Å². The summed E-state index contributed by atoms with van der Waals surface area (Å²) in [5.74, 6) is -0.0140. The molecule has 1 amide bonds. The van der Waals surface area contributed by atoms with Gasteiger partial charge in [0.2, 0.25) is 15.9 Å². The van der Waals surface area contributed by atoms with Crippen molar-refractivity contribution in [3.8, 4) is 0 Å². The zero-order valence-corrected chi connectivity index (χ0v) is 22.2. The number of carbonyl (C=O) groups is 1. The van der Waals surface area contributed by atoms with E-state index in [4.69, 9.17) is 23.2 Å². The number of sulfonamides is 1. The molecule has 4 aromatic rings. The van der Waals surface area contributed by atoms with E-state index in [0.29, 0.717) is 16.9 Å². The van der Waals surface area contributed by atoms with Crippen molar-refractivity contribution in [3.05, 3.63) is 93.7 Å². The molecule has 5 rings (SSSR count). The van der Waals surface area contributed by atoms with Crippen LogP contribution in [0.2, 0.25) is 10.0 Å². The molecule has 1 saturated heterocycles. The maximum Gasteiger partial charge on any atom is 0.242 e. The molecule has 1 aromatic heterocycles. The van der Waals surface area contributed by atoms with Crippen molar-refractivity contribution in [2.24, 2.45) is 0 Å². The summed E-state index contributed by atoms with van der Waals surface area (Å²) in [6.45, 7) is 0. The summed E-state index contributed by atoms with van der Waals surface area (Å²) in [6.07, 6.45) is 0.194. The topological polar surface area (TPSA) is 144 Å². The highest BCUT2D eigenvalue weighted by Gasteiger charge is 2.38. The van der Waals surface area contributed by atoms with Crippen molar-refractivity contribution in [2.45, 2.75) is 29.0 Å². The number of H-pyrrole nitrogens is 1. The van der Waals surface area contributed by atoms with Gasteiger partial charge < -0.3 is 4.98 Å². The van der Waals surface area contributed by atoms with Crippen molar-refractivity contribution in [2.75, 3.05) is 0 Å². The maximum absolute atomic E-state index is 13.3. The monoisotopic (exact) mass is 580 g/mol. The Morgan fingerprint density at radius 2 is 1.78 bits per heavy atom. The second-order valence-corrected chi connectivity index (χ2v) is 13.0. The van der Waals surface area contributed by atoms with Crippen LogP contribution < -0.4 is 9.44 Å². The number of aromatic nitrogens is 2. The van der Waals surface area contributed by atoms with Crippen molar-refractivity contribution in [3.63, 3.8) is 0 Å². The quantitative estimate of drug-likeness (QED) is 0.199. The Kier molecular flexibility index (Phi) is 6.96. The van der Waals surface area contributed by atoms with Crippen LogP contribution in [0, 0.1) is 0 Å². The first-order chi connectivity index (χ1) is 17.5. The van der Waals surface area contributed by atoms with Crippen LogP contribution in [0.1, 0.15) is 34.7 Å². The average Bonchev–Trinajstić information content (AvgIpc) is 3.40. The van der Waals surface area contributed by atoms with Crippen LogP contribution >= 0.6 is 34.0 Å². The van der Waals surface area contributed by atoms with E-state index in [2.05, 4.69) is 19.4 Å². The van der Waals surface area contributed by atoms with Crippen molar-refractivity contribution in [1.82, 2.24) is 19.4 Å². The molecule has 1 fully saturated rings. The predicted octanol–water partition coefficient (Wildman–Crippen LogP) is 5.36. The van der Waals surface area contributed by atoms with Crippen LogP contribution in [0.3, 0.4) is 0 Å². The summed E-state index contributed by atoms with van der Waals surface area (Å²) in [6, 6.07) is 17.8. The molecule has 194 valence electrons. The number of imidazole rings is 1. The van der Waals surface area contributed by atoms with Crippen LogP contribution in [-0.2, 0) is 21.2 Å². The number of hydrogen-bond donors (Lipinski definition) is 5. The minimum Gasteiger partial charge on any atom is -0.341 e. The zero-order chi connectivity index (χ0) is 26.4. The lowest BCUT2D eigenvalue weighted by molar-refractivity contribution is -0.118. The van der Waals surface area contributed by atoms with Crippen LogP contribution in [0.15, 0.2) is 71.6 Å². The highest BCUT2D eigenvalue weighted by atomic mass is 35.5. The van der Waals surface area contributed by atoms with E-state index in [9.17, 15) is 22.3 Å². The highest BCUT2D eigenvalue weighted by Crippen LogP contribution is 2.56. The fourth-order valence-electron chi connectivity index (χ4n) is 4.25. The predicted molar refractivity (Wildman–Crippen MR) is 144 cm³/mol.